The Morgan fingerprint density at radius 2 is 2.20 bits per heavy atom. The van der Waals surface area contributed by atoms with E-state index >= 15 is 0 Å². The van der Waals surface area contributed by atoms with Gasteiger partial charge in [-0.1, -0.05) is 17.7 Å². The molecule has 0 bridgehead atoms. The highest BCUT2D eigenvalue weighted by Crippen LogP contribution is 2.29. The highest BCUT2D eigenvalue weighted by molar-refractivity contribution is 6.32. The summed E-state index contributed by atoms with van der Waals surface area (Å²) >= 11 is 5.93. The number of anilines is 1. The first-order valence-corrected chi connectivity index (χ1v) is 5.96. The molecule has 2 rings (SSSR count). The van der Waals surface area contributed by atoms with Crippen molar-refractivity contribution in [2.45, 2.75) is 6.61 Å². The number of rotatable bonds is 5. The summed E-state index contributed by atoms with van der Waals surface area (Å²) in [6, 6.07) is 7.49. The summed E-state index contributed by atoms with van der Waals surface area (Å²) in [5, 5.41) is 11.0. The fourth-order valence-electron chi connectivity index (χ4n) is 1.47. The zero-order valence-corrected chi connectivity index (χ0v) is 11.0. The molecule has 0 unspecified atom stereocenters. The second-order valence-electron chi connectivity index (χ2n) is 3.86. The van der Waals surface area contributed by atoms with Gasteiger partial charge >= 0.3 is 0 Å². The summed E-state index contributed by atoms with van der Waals surface area (Å²) in [4.78, 5) is 14.2. The fraction of sp³-hybridized carbons (Fsp3) is 0.0833. The fourth-order valence-corrected chi connectivity index (χ4v) is 1.64. The Kier molecular flexibility index (Phi) is 4.34. The molecule has 1 heterocycles. The van der Waals surface area contributed by atoms with Gasteiger partial charge in [-0.2, -0.15) is 0 Å². The van der Waals surface area contributed by atoms with Crippen LogP contribution in [0.4, 0.5) is 11.5 Å². The number of nitrogen functional groups attached to an aromatic ring is 1. The van der Waals surface area contributed by atoms with Gasteiger partial charge in [-0.3, -0.25) is 10.1 Å². The topological polar surface area (TPSA) is 103 Å². The Morgan fingerprint density at radius 1 is 1.40 bits per heavy atom. The molecule has 0 radical (unpaired) electrons. The van der Waals surface area contributed by atoms with Crippen LogP contribution >= 0.6 is 11.6 Å². The Balaban J connectivity index is 2.09. The van der Waals surface area contributed by atoms with E-state index in [1.165, 1.54) is 18.2 Å². The van der Waals surface area contributed by atoms with E-state index in [1.807, 2.05) is 0 Å². The van der Waals surface area contributed by atoms with Crippen molar-refractivity contribution in [3.05, 3.63) is 57.2 Å². The molecule has 104 valence electrons. The van der Waals surface area contributed by atoms with Gasteiger partial charge in [-0.25, -0.2) is 10.8 Å². The Hall–Kier alpha value is -2.38. The summed E-state index contributed by atoms with van der Waals surface area (Å²) in [7, 11) is 0. The summed E-state index contributed by atoms with van der Waals surface area (Å²) in [6.45, 7) is 0.193. The molecular weight excluding hydrogens is 284 g/mol. The van der Waals surface area contributed by atoms with Gasteiger partial charge in [0.2, 0.25) is 0 Å². The standard InChI is InChI=1S/C12H11ClN4O3/c13-10-3-2-9(17(18)19)5-11(10)20-7-8-1-4-12(16-14)15-6-8/h1-6H,7,14H2,(H,15,16). The predicted molar refractivity (Wildman–Crippen MR) is 74.5 cm³/mol. The molecule has 0 aliphatic rings. The zero-order chi connectivity index (χ0) is 14.5. The maximum absolute atomic E-state index is 10.7. The van der Waals surface area contributed by atoms with Gasteiger partial charge < -0.3 is 10.2 Å². The maximum Gasteiger partial charge on any atom is 0.273 e. The normalized spacial score (nSPS) is 10.1. The lowest BCUT2D eigenvalue weighted by molar-refractivity contribution is -0.384. The van der Waals surface area contributed by atoms with E-state index in [4.69, 9.17) is 22.2 Å². The smallest absolute Gasteiger partial charge is 0.273 e. The zero-order valence-electron chi connectivity index (χ0n) is 10.2. The van der Waals surface area contributed by atoms with Crippen LogP contribution in [0.1, 0.15) is 5.56 Å². The van der Waals surface area contributed by atoms with E-state index < -0.39 is 4.92 Å². The monoisotopic (exact) mass is 294 g/mol. The van der Waals surface area contributed by atoms with Gasteiger partial charge in [0, 0.05) is 17.8 Å². The predicted octanol–water partition coefficient (Wildman–Crippen LogP) is 2.51. The molecule has 20 heavy (non-hydrogen) atoms. The van der Waals surface area contributed by atoms with Crippen LogP contribution in [0, 0.1) is 10.1 Å². The van der Waals surface area contributed by atoms with Crippen molar-refractivity contribution in [3.63, 3.8) is 0 Å². The number of halogens is 1. The molecule has 0 fully saturated rings. The maximum atomic E-state index is 10.7. The summed E-state index contributed by atoms with van der Waals surface area (Å²) in [5.41, 5.74) is 3.11. The lowest BCUT2D eigenvalue weighted by atomic mass is 10.3. The van der Waals surface area contributed by atoms with Crippen molar-refractivity contribution >= 4 is 23.1 Å². The molecule has 1 aromatic heterocycles. The lowest BCUT2D eigenvalue weighted by Gasteiger charge is -2.08. The Bertz CT molecular complexity index is 619. The first-order chi connectivity index (χ1) is 9.60. The molecule has 1 aromatic carbocycles. The number of nitro groups is 1. The third-order valence-electron chi connectivity index (χ3n) is 2.49. The largest absolute Gasteiger partial charge is 0.487 e. The van der Waals surface area contributed by atoms with E-state index in [2.05, 4.69) is 10.4 Å². The first kappa shape index (κ1) is 14.0. The van der Waals surface area contributed by atoms with E-state index in [0.29, 0.717) is 10.8 Å². The summed E-state index contributed by atoms with van der Waals surface area (Å²) < 4.78 is 5.46. The van der Waals surface area contributed by atoms with Gasteiger partial charge in [0.1, 0.15) is 18.2 Å². The quantitative estimate of drug-likeness (QED) is 0.499. The molecular formula is C12H11ClN4O3. The molecule has 0 aliphatic carbocycles. The average Bonchev–Trinajstić information content (AvgIpc) is 2.46. The molecule has 7 nitrogen and oxygen atoms in total. The minimum atomic E-state index is -0.507. The number of hydrogen-bond acceptors (Lipinski definition) is 6. The third kappa shape index (κ3) is 3.34. The highest BCUT2D eigenvalue weighted by atomic mass is 35.5. The Labute approximate surface area is 119 Å². The lowest BCUT2D eigenvalue weighted by Crippen LogP contribution is -2.08. The minimum absolute atomic E-state index is 0.0785. The van der Waals surface area contributed by atoms with Crippen molar-refractivity contribution in [2.24, 2.45) is 5.84 Å². The van der Waals surface area contributed by atoms with E-state index in [-0.39, 0.29) is 18.0 Å². The molecule has 0 atom stereocenters. The van der Waals surface area contributed by atoms with Gasteiger partial charge in [0.15, 0.2) is 0 Å². The number of benzene rings is 1. The average molecular weight is 295 g/mol. The SMILES string of the molecule is NNc1ccc(COc2cc([N+](=O)[O-])ccc2Cl)cn1. The number of nitro benzene ring substituents is 1. The van der Waals surface area contributed by atoms with Crippen LogP contribution in [0.5, 0.6) is 5.75 Å². The van der Waals surface area contributed by atoms with Crippen LogP contribution in [0.3, 0.4) is 0 Å². The molecule has 8 heteroatoms. The number of hydrogen-bond donors (Lipinski definition) is 2. The van der Waals surface area contributed by atoms with Gasteiger partial charge in [0.25, 0.3) is 5.69 Å². The van der Waals surface area contributed by atoms with Crippen LogP contribution in [0.15, 0.2) is 36.5 Å². The molecule has 0 aliphatic heterocycles. The summed E-state index contributed by atoms with van der Waals surface area (Å²) in [5.74, 6) is 5.99. The van der Waals surface area contributed by atoms with Crippen molar-refractivity contribution in [1.29, 1.82) is 0 Å². The van der Waals surface area contributed by atoms with E-state index in [1.54, 1.807) is 18.3 Å². The van der Waals surface area contributed by atoms with Crippen molar-refractivity contribution in [2.75, 3.05) is 5.43 Å². The van der Waals surface area contributed by atoms with Crippen LogP contribution in [0.25, 0.3) is 0 Å². The highest BCUT2D eigenvalue weighted by Gasteiger charge is 2.10. The molecule has 0 spiro atoms. The summed E-state index contributed by atoms with van der Waals surface area (Å²) in [6.07, 6.45) is 1.58. The van der Waals surface area contributed by atoms with E-state index in [0.717, 1.165) is 5.56 Å². The van der Waals surface area contributed by atoms with Crippen molar-refractivity contribution in [1.82, 2.24) is 4.98 Å². The van der Waals surface area contributed by atoms with Crippen LogP contribution < -0.4 is 16.0 Å². The molecule has 0 amide bonds. The number of pyridine rings is 1. The minimum Gasteiger partial charge on any atom is -0.487 e. The Morgan fingerprint density at radius 3 is 2.80 bits per heavy atom. The number of nitrogens with zero attached hydrogens (tertiary/aromatic N) is 2. The number of nitrogens with one attached hydrogen (secondary N) is 1. The van der Waals surface area contributed by atoms with Gasteiger partial charge in [-0.05, 0) is 12.1 Å². The number of aromatic nitrogens is 1. The van der Waals surface area contributed by atoms with Gasteiger partial charge in [-0.15, -0.1) is 0 Å². The third-order valence-corrected chi connectivity index (χ3v) is 2.80. The molecule has 2 aromatic rings. The number of nitrogens with two attached hydrogens (primary N) is 1. The number of ether oxygens (including phenoxy) is 1. The van der Waals surface area contributed by atoms with Crippen molar-refractivity contribution in [3.8, 4) is 5.75 Å². The molecule has 3 N–H and O–H groups in total. The second kappa shape index (κ2) is 6.18. The van der Waals surface area contributed by atoms with Crippen LogP contribution in [-0.2, 0) is 6.61 Å². The first-order valence-electron chi connectivity index (χ1n) is 5.58. The van der Waals surface area contributed by atoms with E-state index in [9.17, 15) is 10.1 Å². The van der Waals surface area contributed by atoms with Gasteiger partial charge in [0.05, 0.1) is 16.0 Å². The van der Waals surface area contributed by atoms with Crippen LogP contribution in [-0.4, -0.2) is 9.91 Å². The second-order valence-corrected chi connectivity index (χ2v) is 4.26. The number of non-ortho nitro benzene ring substituents is 1. The molecule has 0 saturated carbocycles. The molecule has 0 saturated heterocycles. The van der Waals surface area contributed by atoms with Crippen LogP contribution in [0.2, 0.25) is 5.02 Å². The number of hydrazine groups is 1. The van der Waals surface area contributed by atoms with Crippen molar-refractivity contribution < 1.29 is 9.66 Å².